The van der Waals surface area contributed by atoms with Crippen LogP contribution in [-0.2, 0) is 0 Å². The van der Waals surface area contributed by atoms with Gasteiger partial charge >= 0.3 is 0 Å². The van der Waals surface area contributed by atoms with E-state index in [4.69, 9.17) is 0 Å². The SMILES string of the molecule is [CH2]CC(C)N1CCC(c2ccccc2)CC1. The molecular weight excluding hydrogens is 194 g/mol. The lowest BCUT2D eigenvalue weighted by Crippen LogP contribution is -2.39. The minimum atomic E-state index is 0.650. The zero-order valence-corrected chi connectivity index (χ0v) is 10.2. The number of nitrogens with zero attached hydrogens (tertiary/aromatic N) is 1. The quantitative estimate of drug-likeness (QED) is 0.747. The summed E-state index contributed by atoms with van der Waals surface area (Å²) in [6, 6.07) is 11.6. The van der Waals surface area contributed by atoms with Crippen molar-refractivity contribution in [1.82, 2.24) is 4.90 Å². The molecule has 1 heterocycles. The number of rotatable bonds is 3. The van der Waals surface area contributed by atoms with E-state index in [1.807, 2.05) is 0 Å². The van der Waals surface area contributed by atoms with Crippen LogP contribution in [0.1, 0.15) is 37.7 Å². The molecule has 0 aliphatic carbocycles. The minimum Gasteiger partial charge on any atom is -0.301 e. The Balaban J connectivity index is 1.91. The van der Waals surface area contributed by atoms with Gasteiger partial charge in [0, 0.05) is 6.04 Å². The highest BCUT2D eigenvalue weighted by molar-refractivity contribution is 5.20. The molecule has 0 spiro atoms. The molecule has 2 rings (SSSR count). The zero-order valence-electron chi connectivity index (χ0n) is 10.2. The molecule has 0 amide bonds. The van der Waals surface area contributed by atoms with Crippen LogP contribution in [0.5, 0.6) is 0 Å². The monoisotopic (exact) mass is 216 g/mol. The molecule has 1 unspecified atom stereocenters. The summed E-state index contributed by atoms with van der Waals surface area (Å²) in [7, 11) is 0. The molecule has 1 atom stereocenters. The molecule has 1 aliphatic rings. The van der Waals surface area contributed by atoms with Crippen LogP contribution < -0.4 is 0 Å². The predicted molar refractivity (Wildman–Crippen MR) is 69.4 cm³/mol. The Kier molecular flexibility index (Phi) is 4.00. The topological polar surface area (TPSA) is 3.24 Å². The van der Waals surface area contributed by atoms with Gasteiger partial charge in [-0.05, 0) is 50.8 Å². The molecule has 1 heteroatoms. The third-order valence-electron chi connectivity index (χ3n) is 3.84. The first-order chi connectivity index (χ1) is 7.81. The van der Waals surface area contributed by atoms with Gasteiger partial charge in [-0.1, -0.05) is 37.3 Å². The summed E-state index contributed by atoms with van der Waals surface area (Å²) in [5, 5.41) is 0. The van der Waals surface area contributed by atoms with Crippen LogP contribution in [0.15, 0.2) is 30.3 Å². The number of hydrogen-bond acceptors (Lipinski definition) is 1. The van der Waals surface area contributed by atoms with Crippen LogP contribution in [0.25, 0.3) is 0 Å². The first kappa shape index (κ1) is 11.7. The maximum atomic E-state index is 4.00. The molecule has 1 radical (unpaired) electrons. The lowest BCUT2D eigenvalue weighted by atomic mass is 9.89. The third-order valence-corrected chi connectivity index (χ3v) is 3.84. The summed E-state index contributed by atoms with van der Waals surface area (Å²) in [5.41, 5.74) is 1.52. The molecule has 1 aromatic rings. The maximum absolute atomic E-state index is 4.00. The van der Waals surface area contributed by atoms with Crippen molar-refractivity contribution in [2.45, 2.75) is 38.1 Å². The van der Waals surface area contributed by atoms with E-state index in [1.165, 1.54) is 31.5 Å². The van der Waals surface area contributed by atoms with Crippen LogP contribution in [0.2, 0.25) is 0 Å². The van der Waals surface area contributed by atoms with Crippen LogP contribution in [0.4, 0.5) is 0 Å². The van der Waals surface area contributed by atoms with E-state index in [-0.39, 0.29) is 0 Å². The van der Waals surface area contributed by atoms with Gasteiger partial charge in [0.2, 0.25) is 0 Å². The molecule has 87 valence electrons. The molecule has 1 saturated heterocycles. The Hall–Kier alpha value is -0.820. The summed E-state index contributed by atoms with van der Waals surface area (Å²) >= 11 is 0. The van der Waals surface area contributed by atoms with Gasteiger partial charge in [0.25, 0.3) is 0 Å². The first-order valence-electron chi connectivity index (χ1n) is 6.39. The van der Waals surface area contributed by atoms with E-state index in [9.17, 15) is 0 Å². The fourth-order valence-electron chi connectivity index (χ4n) is 2.58. The highest BCUT2D eigenvalue weighted by Gasteiger charge is 2.22. The van der Waals surface area contributed by atoms with E-state index in [0.717, 1.165) is 12.3 Å². The Bertz CT molecular complexity index is 298. The predicted octanol–water partition coefficient (Wildman–Crippen LogP) is 3.48. The number of hydrogen-bond donors (Lipinski definition) is 0. The minimum absolute atomic E-state index is 0.650. The molecular formula is C15H22N. The van der Waals surface area contributed by atoms with Gasteiger partial charge in [-0.15, -0.1) is 0 Å². The van der Waals surface area contributed by atoms with E-state index in [0.29, 0.717) is 6.04 Å². The Labute approximate surface area is 99.5 Å². The molecule has 16 heavy (non-hydrogen) atoms. The Morgan fingerprint density at radius 1 is 1.25 bits per heavy atom. The van der Waals surface area contributed by atoms with Gasteiger partial charge in [0.15, 0.2) is 0 Å². The lowest BCUT2D eigenvalue weighted by Gasteiger charge is -2.35. The van der Waals surface area contributed by atoms with Crippen molar-refractivity contribution in [1.29, 1.82) is 0 Å². The smallest absolute Gasteiger partial charge is 0.00669 e. The largest absolute Gasteiger partial charge is 0.301 e. The zero-order chi connectivity index (χ0) is 11.4. The molecule has 1 fully saturated rings. The fraction of sp³-hybridized carbons (Fsp3) is 0.533. The van der Waals surface area contributed by atoms with Gasteiger partial charge in [-0.25, -0.2) is 0 Å². The lowest BCUT2D eigenvalue weighted by molar-refractivity contribution is 0.162. The summed E-state index contributed by atoms with van der Waals surface area (Å²) in [6.07, 6.45) is 3.62. The van der Waals surface area contributed by atoms with Crippen molar-refractivity contribution >= 4 is 0 Å². The second-order valence-corrected chi connectivity index (χ2v) is 4.86. The highest BCUT2D eigenvalue weighted by atomic mass is 15.2. The molecule has 0 saturated carbocycles. The summed E-state index contributed by atoms with van der Waals surface area (Å²) in [5.74, 6) is 0.773. The maximum Gasteiger partial charge on any atom is 0.00669 e. The van der Waals surface area contributed by atoms with Crippen molar-refractivity contribution < 1.29 is 0 Å². The first-order valence-corrected chi connectivity index (χ1v) is 6.39. The number of likely N-dealkylation sites (tertiary alicyclic amines) is 1. The van der Waals surface area contributed by atoms with Crippen LogP contribution in [0.3, 0.4) is 0 Å². The van der Waals surface area contributed by atoms with Crippen LogP contribution >= 0.6 is 0 Å². The summed E-state index contributed by atoms with van der Waals surface area (Å²) in [6.45, 7) is 8.75. The van der Waals surface area contributed by atoms with Crippen LogP contribution in [-0.4, -0.2) is 24.0 Å². The summed E-state index contributed by atoms with van der Waals surface area (Å²) in [4.78, 5) is 2.58. The highest BCUT2D eigenvalue weighted by Crippen LogP contribution is 2.28. The second-order valence-electron chi connectivity index (χ2n) is 4.86. The van der Waals surface area contributed by atoms with Crippen molar-refractivity contribution in [2.24, 2.45) is 0 Å². The van der Waals surface area contributed by atoms with Gasteiger partial charge in [0.05, 0.1) is 0 Å². The number of benzene rings is 1. The van der Waals surface area contributed by atoms with Crippen molar-refractivity contribution in [3.05, 3.63) is 42.8 Å². The van der Waals surface area contributed by atoms with Crippen molar-refractivity contribution in [3.63, 3.8) is 0 Å². The van der Waals surface area contributed by atoms with Gasteiger partial charge in [-0.2, -0.15) is 0 Å². The standard InChI is InChI=1S/C15H22N/c1-3-13(2)16-11-9-15(10-12-16)14-7-5-4-6-8-14/h4-8,13,15H,1,3,9-12H2,2H3. The van der Waals surface area contributed by atoms with Gasteiger partial charge in [0.1, 0.15) is 0 Å². The third kappa shape index (κ3) is 2.65. The van der Waals surface area contributed by atoms with Crippen molar-refractivity contribution in [2.75, 3.05) is 13.1 Å². The van der Waals surface area contributed by atoms with Crippen molar-refractivity contribution in [3.8, 4) is 0 Å². The van der Waals surface area contributed by atoms with Gasteiger partial charge < -0.3 is 4.90 Å². The van der Waals surface area contributed by atoms with E-state index in [1.54, 1.807) is 0 Å². The Morgan fingerprint density at radius 2 is 1.88 bits per heavy atom. The fourth-order valence-corrected chi connectivity index (χ4v) is 2.58. The molecule has 0 N–H and O–H groups in total. The molecule has 0 aromatic heterocycles. The second kappa shape index (κ2) is 5.49. The van der Waals surface area contributed by atoms with E-state index in [2.05, 4.69) is 49.1 Å². The Morgan fingerprint density at radius 3 is 2.44 bits per heavy atom. The van der Waals surface area contributed by atoms with E-state index < -0.39 is 0 Å². The molecule has 1 nitrogen and oxygen atoms in total. The molecule has 0 bridgehead atoms. The van der Waals surface area contributed by atoms with E-state index >= 15 is 0 Å². The normalized spacial score (nSPS) is 20.9. The molecule has 1 aliphatic heterocycles. The summed E-state index contributed by atoms with van der Waals surface area (Å²) < 4.78 is 0. The average Bonchev–Trinajstić information content (AvgIpc) is 2.39. The number of piperidine rings is 1. The average molecular weight is 216 g/mol. The van der Waals surface area contributed by atoms with Crippen LogP contribution in [0, 0.1) is 6.92 Å². The van der Waals surface area contributed by atoms with Gasteiger partial charge in [-0.3, -0.25) is 0 Å². The molecule has 1 aromatic carbocycles.